The molecule has 2 nitrogen and oxygen atoms in total. The summed E-state index contributed by atoms with van der Waals surface area (Å²) in [7, 11) is 0. The lowest BCUT2D eigenvalue weighted by Gasteiger charge is -2.23. The first-order valence-electron chi connectivity index (χ1n) is 6.10. The molecule has 0 saturated carbocycles. The van der Waals surface area contributed by atoms with E-state index in [4.69, 9.17) is 9.47 Å². The topological polar surface area (TPSA) is 18.5 Å². The Bertz CT molecular complexity index is 310. The average molecular weight is 220 g/mol. The highest BCUT2D eigenvalue weighted by Crippen LogP contribution is 2.21. The highest BCUT2D eigenvalue weighted by Gasteiger charge is 2.15. The molecule has 0 amide bonds. The van der Waals surface area contributed by atoms with Gasteiger partial charge in [-0.25, -0.2) is 0 Å². The van der Waals surface area contributed by atoms with Crippen LogP contribution >= 0.6 is 0 Å². The van der Waals surface area contributed by atoms with Gasteiger partial charge in [-0.05, 0) is 36.5 Å². The molecular formula is C14H20O2. The van der Waals surface area contributed by atoms with E-state index in [2.05, 4.69) is 38.1 Å². The maximum atomic E-state index is 5.87. The summed E-state index contributed by atoms with van der Waals surface area (Å²) >= 11 is 0. The maximum Gasteiger partial charge on any atom is 0.122 e. The van der Waals surface area contributed by atoms with Gasteiger partial charge in [-0.2, -0.15) is 0 Å². The van der Waals surface area contributed by atoms with E-state index in [1.165, 1.54) is 5.56 Å². The molecule has 2 heteroatoms. The Morgan fingerprint density at radius 2 is 2.00 bits per heavy atom. The number of hydrogen-bond donors (Lipinski definition) is 0. The quantitative estimate of drug-likeness (QED) is 0.777. The smallest absolute Gasteiger partial charge is 0.122 e. The monoisotopic (exact) mass is 220 g/mol. The van der Waals surface area contributed by atoms with Crippen LogP contribution in [-0.4, -0.2) is 19.3 Å². The van der Waals surface area contributed by atoms with Crippen LogP contribution < -0.4 is 4.74 Å². The third-order valence-corrected chi connectivity index (χ3v) is 2.97. The molecule has 1 aromatic rings. The fourth-order valence-electron chi connectivity index (χ4n) is 1.93. The molecule has 1 aromatic carbocycles. The second-order valence-corrected chi connectivity index (χ2v) is 4.68. The Morgan fingerprint density at radius 1 is 1.25 bits per heavy atom. The van der Waals surface area contributed by atoms with Crippen molar-refractivity contribution in [1.29, 1.82) is 0 Å². The minimum atomic E-state index is 0.235. The normalized spacial score (nSPS) is 21.1. The Kier molecular flexibility index (Phi) is 3.83. The van der Waals surface area contributed by atoms with Crippen LogP contribution in [0.25, 0.3) is 0 Å². The Hall–Kier alpha value is -1.02. The van der Waals surface area contributed by atoms with Gasteiger partial charge in [-0.1, -0.05) is 26.0 Å². The van der Waals surface area contributed by atoms with E-state index in [-0.39, 0.29) is 6.10 Å². The molecule has 0 radical (unpaired) electrons. The molecule has 16 heavy (non-hydrogen) atoms. The van der Waals surface area contributed by atoms with Gasteiger partial charge in [0.1, 0.15) is 11.9 Å². The van der Waals surface area contributed by atoms with Crippen LogP contribution in [0.5, 0.6) is 5.75 Å². The molecule has 88 valence electrons. The SMILES string of the molecule is CC(C)c1ccc(OC2CCCOC2)cc1. The zero-order chi connectivity index (χ0) is 11.4. The summed E-state index contributed by atoms with van der Waals surface area (Å²) in [6.07, 6.45) is 2.44. The first-order chi connectivity index (χ1) is 7.75. The van der Waals surface area contributed by atoms with Crippen LogP contribution in [-0.2, 0) is 4.74 Å². The number of benzene rings is 1. The first kappa shape index (κ1) is 11.5. The number of rotatable bonds is 3. The molecular weight excluding hydrogens is 200 g/mol. The fourth-order valence-corrected chi connectivity index (χ4v) is 1.93. The van der Waals surface area contributed by atoms with Crippen LogP contribution in [0.2, 0.25) is 0 Å². The van der Waals surface area contributed by atoms with Crippen molar-refractivity contribution in [1.82, 2.24) is 0 Å². The standard InChI is InChI=1S/C14H20O2/c1-11(2)12-5-7-13(8-6-12)16-14-4-3-9-15-10-14/h5-8,11,14H,3-4,9-10H2,1-2H3. The zero-order valence-corrected chi connectivity index (χ0v) is 10.1. The fraction of sp³-hybridized carbons (Fsp3) is 0.571. The van der Waals surface area contributed by atoms with Crippen LogP contribution in [0.15, 0.2) is 24.3 Å². The third kappa shape index (κ3) is 2.99. The number of ether oxygens (including phenoxy) is 2. The molecule has 0 aromatic heterocycles. The zero-order valence-electron chi connectivity index (χ0n) is 10.1. The minimum Gasteiger partial charge on any atom is -0.488 e. The predicted molar refractivity (Wildman–Crippen MR) is 65.0 cm³/mol. The number of hydrogen-bond acceptors (Lipinski definition) is 2. The van der Waals surface area contributed by atoms with Gasteiger partial charge in [0.2, 0.25) is 0 Å². The van der Waals surface area contributed by atoms with Crippen molar-refractivity contribution in [3.8, 4) is 5.75 Å². The van der Waals surface area contributed by atoms with E-state index in [0.717, 1.165) is 31.8 Å². The highest BCUT2D eigenvalue weighted by atomic mass is 16.5. The first-order valence-corrected chi connectivity index (χ1v) is 6.10. The van der Waals surface area contributed by atoms with Gasteiger partial charge < -0.3 is 9.47 Å². The average Bonchev–Trinajstić information content (AvgIpc) is 2.31. The maximum absolute atomic E-state index is 5.87. The lowest BCUT2D eigenvalue weighted by atomic mass is 10.0. The van der Waals surface area contributed by atoms with E-state index in [9.17, 15) is 0 Å². The van der Waals surface area contributed by atoms with E-state index in [1.54, 1.807) is 0 Å². The summed E-state index contributed by atoms with van der Waals surface area (Å²) in [5, 5.41) is 0. The molecule has 1 saturated heterocycles. The van der Waals surface area contributed by atoms with Crippen molar-refractivity contribution in [2.75, 3.05) is 13.2 Å². The van der Waals surface area contributed by atoms with Crippen molar-refractivity contribution in [2.45, 2.75) is 38.7 Å². The van der Waals surface area contributed by atoms with Crippen LogP contribution in [0.3, 0.4) is 0 Å². The summed E-state index contributed by atoms with van der Waals surface area (Å²) in [4.78, 5) is 0. The lowest BCUT2D eigenvalue weighted by Crippen LogP contribution is -2.27. The van der Waals surface area contributed by atoms with Crippen molar-refractivity contribution >= 4 is 0 Å². The van der Waals surface area contributed by atoms with Crippen molar-refractivity contribution in [3.63, 3.8) is 0 Å². The van der Waals surface area contributed by atoms with Crippen LogP contribution in [0, 0.1) is 0 Å². The molecule has 1 atom stereocenters. The third-order valence-electron chi connectivity index (χ3n) is 2.97. The predicted octanol–water partition coefficient (Wildman–Crippen LogP) is 3.37. The van der Waals surface area contributed by atoms with Gasteiger partial charge in [0.25, 0.3) is 0 Å². The minimum absolute atomic E-state index is 0.235. The van der Waals surface area contributed by atoms with Gasteiger partial charge >= 0.3 is 0 Å². The van der Waals surface area contributed by atoms with E-state index in [0.29, 0.717) is 5.92 Å². The summed E-state index contributed by atoms with van der Waals surface area (Å²) in [5.41, 5.74) is 1.35. The van der Waals surface area contributed by atoms with E-state index in [1.807, 2.05) is 0 Å². The van der Waals surface area contributed by atoms with Crippen molar-refractivity contribution < 1.29 is 9.47 Å². The second kappa shape index (κ2) is 5.35. The Morgan fingerprint density at radius 3 is 2.56 bits per heavy atom. The summed E-state index contributed by atoms with van der Waals surface area (Å²) < 4.78 is 11.3. The molecule has 1 aliphatic heterocycles. The van der Waals surface area contributed by atoms with Gasteiger partial charge in [-0.3, -0.25) is 0 Å². The van der Waals surface area contributed by atoms with Gasteiger partial charge in [0.05, 0.1) is 6.61 Å². The van der Waals surface area contributed by atoms with Gasteiger partial charge in [0, 0.05) is 6.61 Å². The Balaban J connectivity index is 1.93. The van der Waals surface area contributed by atoms with Crippen molar-refractivity contribution in [2.24, 2.45) is 0 Å². The van der Waals surface area contributed by atoms with Crippen molar-refractivity contribution in [3.05, 3.63) is 29.8 Å². The summed E-state index contributed by atoms with van der Waals surface area (Å²) in [5.74, 6) is 1.53. The van der Waals surface area contributed by atoms with Gasteiger partial charge in [-0.15, -0.1) is 0 Å². The molecule has 0 bridgehead atoms. The van der Waals surface area contributed by atoms with E-state index >= 15 is 0 Å². The molecule has 1 fully saturated rings. The largest absolute Gasteiger partial charge is 0.488 e. The molecule has 0 N–H and O–H groups in total. The summed E-state index contributed by atoms with van der Waals surface area (Å²) in [6, 6.07) is 8.40. The molecule has 2 rings (SSSR count). The van der Waals surface area contributed by atoms with E-state index < -0.39 is 0 Å². The Labute approximate surface area is 97.6 Å². The second-order valence-electron chi connectivity index (χ2n) is 4.68. The molecule has 0 spiro atoms. The molecule has 0 aliphatic carbocycles. The molecule has 1 aliphatic rings. The van der Waals surface area contributed by atoms with Gasteiger partial charge in [0.15, 0.2) is 0 Å². The highest BCUT2D eigenvalue weighted by molar-refractivity contribution is 5.29. The molecule has 1 unspecified atom stereocenters. The van der Waals surface area contributed by atoms with Crippen LogP contribution in [0.1, 0.15) is 38.2 Å². The summed E-state index contributed by atoms with van der Waals surface area (Å²) in [6.45, 7) is 6.01. The van der Waals surface area contributed by atoms with Crippen LogP contribution in [0.4, 0.5) is 0 Å². The lowest BCUT2D eigenvalue weighted by molar-refractivity contribution is 0.00742. The molecule has 1 heterocycles.